The number of aryl methyl sites for hydroxylation is 2. The third kappa shape index (κ3) is 4.54. The van der Waals surface area contributed by atoms with E-state index in [4.69, 9.17) is 11.6 Å². The van der Waals surface area contributed by atoms with Gasteiger partial charge in [0.1, 0.15) is 5.75 Å². The Morgan fingerprint density at radius 2 is 1.60 bits per heavy atom. The van der Waals surface area contributed by atoms with Crippen LogP contribution in [-0.4, -0.2) is 53.0 Å². The maximum Gasteiger partial charge on any atom is 0.321 e. The second kappa shape index (κ2) is 8.96. The predicted octanol–water partition coefficient (Wildman–Crippen LogP) is 4.30. The standard InChI is InChI=1S/C23H26ClN3O3/c24-18-7-3-8-19(15-18)25-23(30)27-10-4-9-26(11-12-27)22(29)20-13-16-5-1-2-6-17(16)14-21(20)28/h3,7-8,13-15,28H,1-2,4-6,9-12H2,(H,25,30). The number of nitrogens with one attached hydrogen (secondary N) is 1. The van der Waals surface area contributed by atoms with Crippen molar-refractivity contribution in [2.24, 2.45) is 0 Å². The van der Waals surface area contributed by atoms with E-state index in [9.17, 15) is 14.7 Å². The number of anilines is 1. The molecule has 2 aliphatic rings. The second-order valence-corrected chi connectivity index (χ2v) is 8.35. The summed E-state index contributed by atoms with van der Waals surface area (Å²) < 4.78 is 0. The molecule has 1 heterocycles. The van der Waals surface area contributed by atoms with Gasteiger partial charge in [-0.3, -0.25) is 4.79 Å². The maximum absolute atomic E-state index is 13.1. The van der Waals surface area contributed by atoms with Gasteiger partial charge >= 0.3 is 6.03 Å². The SMILES string of the molecule is O=C(Nc1cccc(Cl)c1)N1CCCN(C(=O)c2cc3c(cc2O)CCCC3)CC1. The van der Waals surface area contributed by atoms with Crippen molar-refractivity contribution in [2.45, 2.75) is 32.1 Å². The number of aromatic hydroxyl groups is 1. The lowest BCUT2D eigenvalue weighted by Gasteiger charge is -2.24. The number of amides is 3. The van der Waals surface area contributed by atoms with Crippen LogP contribution in [0.2, 0.25) is 5.02 Å². The Hall–Kier alpha value is -2.73. The topological polar surface area (TPSA) is 72.9 Å². The van der Waals surface area contributed by atoms with E-state index in [1.807, 2.05) is 6.07 Å². The lowest BCUT2D eigenvalue weighted by Crippen LogP contribution is -2.39. The summed E-state index contributed by atoms with van der Waals surface area (Å²) in [7, 11) is 0. The number of fused-ring (bicyclic) bond motifs is 1. The van der Waals surface area contributed by atoms with Crippen LogP contribution in [0.1, 0.15) is 40.7 Å². The molecule has 1 fully saturated rings. The zero-order valence-corrected chi connectivity index (χ0v) is 17.6. The molecule has 4 rings (SSSR count). The molecule has 3 amide bonds. The molecule has 0 aromatic heterocycles. The van der Waals surface area contributed by atoms with Crippen molar-refractivity contribution in [1.29, 1.82) is 0 Å². The number of carbonyl (C=O) groups excluding carboxylic acids is 2. The summed E-state index contributed by atoms with van der Waals surface area (Å²) in [6, 6.07) is 10.4. The highest BCUT2D eigenvalue weighted by molar-refractivity contribution is 6.30. The Morgan fingerprint density at radius 3 is 2.37 bits per heavy atom. The molecule has 30 heavy (non-hydrogen) atoms. The highest BCUT2D eigenvalue weighted by atomic mass is 35.5. The number of urea groups is 1. The Bertz CT molecular complexity index is 963. The van der Waals surface area contributed by atoms with E-state index in [2.05, 4.69) is 5.32 Å². The highest BCUT2D eigenvalue weighted by Crippen LogP contribution is 2.29. The van der Waals surface area contributed by atoms with E-state index in [-0.39, 0.29) is 17.7 Å². The average Bonchev–Trinajstić information content (AvgIpc) is 2.99. The molecule has 2 aromatic rings. The van der Waals surface area contributed by atoms with Crippen molar-refractivity contribution >= 4 is 29.2 Å². The Labute approximate surface area is 181 Å². The number of phenolic OH excluding ortho intramolecular Hbond substituents is 1. The molecule has 1 saturated heterocycles. The first-order valence-electron chi connectivity index (χ1n) is 10.5. The molecule has 0 atom stereocenters. The van der Waals surface area contributed by atoms with E-state index in [1.165, 1.54) is 5.56 Å². The van der Waals surface area contributed by atoms with E-state index in [1.54, 1.807) is 40.1 Å². The van der Waals surface area contributed by atoms with Gasteiger partial charge in [0, 0.05) is 36.9 Å². The fourth-order valence-corrected chi connectivity index (χ4v) is 4.40. The largest absolute Gasteiger partial charge is 0.507 e. The van der Waals surface area contributed by atoms with Gasteiger partial charge in [-0.25, -0.2) is 4.79 Å². The van der Waals surface area contributed by atoms with Gasteiger partial charge in [-0.15, -0.1) is 0 Å². The second-order valence-electron chi connectivity index (χ2n) is 7.92. The van der Waals surface area contributed by atoms with Crippen molar-refractivity contribution in [3.05, 3.63) is 58.1 Å². The first-order chi connectivity index (χ1) is 14.5. The minimum Gasteiger partial charge on any atom is -0.507 e. The van der Waals surface area contributed by atoms with Gasteiger partial charge in [0.2, 0.25) is 0 Å². The normalized spacial score (nSPS) is 16.6. The summed E-state index contributed by atoms with van der Waals surface area (Å²) in [6.07, 6.45) is 4.83. The fraction of sp³-hybridized carbons (Fsp3) is 0.391. The minimum atomic E-state index is -0.205. The summed E-state index contributed by atoms with van der Waals surface area (Å²) in [5, 5.41) is 13.9. The van der Waals surface area contributed by atoms with Crippen LogP contribution in [0, 0.1) is 0 Å². The lowest BCUT2D eigenvalue weighted by atomic mass is 9.89. The maximum atomic E-state index is 13.1. The summed E-state index contributed by atoms with van der Waals surface area (Å²) in [6.45, 7) is 1.98. The number of nitrogens with zero attached hydrogens (tertiary/aromatic N) is 2. The molecule has 158 valence electrons. The van der Waals surface area contributed by atoms with Crippen LogP contribution in [0.25, 0.3) is 0 Å². The number of rotatable bonds is 2. The van der Waals surface area contributed by atoms with Crippen LogP contribution in [0.15, 0.2) is 36.4 Å². The van der Waals surface area contributed by atoms with Gasteiger partial charge in [-0.2, -0.15) is 0 Å². The van der Waals surface area contributed by atoms with Crippen LogP contribution in [-0.2, 0) is 12.8 Å². The first kappa shape index (κ1) is 20.5. The van der Waals surface area contributed by atoms with Crippen LogP contribution in [0.3, 0.4) is 0 Å². The van der Waals surface area contributed by atoms with Gasteiger partial charge < -0.3 is 20.2 Å². The van der Waals surface area contributed by atoms with Crippen LogP contribution < -0.4 is 5.32 Å². The fourth-order valence-electron chi connectivity index (χ4n) is 4.21. The van der Waals surface area contributed by atoms with Gasteiger partial charge in [0.15, 0.2) is 0 Å². The van der Waals surface area contributed by atoms with Gasteiger partial charge in [-0.05, 0) is 73.6 Å². The van der Waals surface area contributed by atoms with Gasteiger partial charge in [0.25, 0.3) is 5.91 Å². The zero-order valence-electron chi connectivity index (χ0n) is 16.9. The third-order valence-electron chi connectivity index (χ3n) is 5.84. The van der Waals surface area contributed by atoms with Gasteiger partial charge in [-0.1, -0.05) is 17.7 Å². The molecular weight excluding hydrogens is 402 g/mol. The lowest BCUT2D eigenvalue weighted by molar-refractivity contribution is 0.0759. The van der Waals surface area contributed by atoms with E-state index in [0.717, 1.165) is 31.2 Å². The summed E-state index contributed by atoms with van der Waals surface area (Å²) >= 11 is 5.98. The van der Waals surface area contributed by atoms with Crippen molar-refractivity contribution in [3.8, 4) is 5.75 Å². The molecule has 0 spiro atoms. The number of benzene rings is 2. The molecule has 6 nitrogen and oxygen atoms in total. The van der Waals surface area contributed by atoms with Crippen molar-refractivity contribution < 1.29 is 14.7 Å². The molecular formula is C23H26ClN3O3. The van der Waals surface area contributed by atoms with Crippen molar-refractivity contribution in [3.63, 3.8) is 0 Å². The molecule has 0 radical (unpaired) electrons. The molecule has 1 aliphatic heterocycles. The highest BCUT2D eigenvalue weighted by Gasteiger charge is 2.25. The monoisotopic (exact) mass is 427 g/mol. The Balaban J connectivity index is 1.41. The zero-order chi connectivity index (χ0) is 21.1. The summed E-state index contributed by atoms with van der Waals surface area (Å²) in [5.74, 6) is -0.113. The smallest absolute Gasteiger partial charge is 0.321 e. The Kier molecular flexibility index (Phi) is 6.13. The number of hydrogen-bond donors (Lipinski definition) is 2. The molecule has 7 heteroatoms. The average molecular weight is 428 g/mol. The number of phenols is 1. The van der Waals surface area contributed by atoms with E-state index < -0.39 is 0 Å². The van der Waals surface area contributed by atoms with Crippen molar-refractivity contribution in [1.82, 2.24) is 9.80 Å². The molecule has 0 unspecified atom stereocenters. The van der Waals surface area contributed by atoms with E-state index in [0.29, 0.717) is 48.9 Å². The predicted molar refractivity (Wildman–Crippen MR) is 117 cm³/mol. The molecule has 2 aromatic carbocycles. The number of halogens is 1. The van der Waals surface area contributed by atoms with Crippen molar-refractivity contribution in [2.75, 3.05) is 31.5 Å². The van der Waals surface area contributed by atoms with Crippen LogP contribution >= 0.6 is 11.6 Å². The van der Waals surface area contributed by atoms with Crippen LogP contribution in [0.4, 0.5) is 10.5 Å². The number of hydrogen-bond acceptors (Lipinski definition) is 3. The molecule has 2 N–H and O–H groups in total. The molecule has 1 aliphatic carbocycles. The minimum absolute atomic E-state index is 0.0560. The van der Waals surface area contributed by atoms with Gasteiger partial charge in [0.05, 0.1) is 5.56 Å². The summed E-state index contributed by atoms with van der Waals surface area (Å²) in [4.78, 5) is 29.2. The van der Waals surface area contributed by atoms with Crippen LogP contribution in [0.5, 0.6) is 5.75 Å². The Morgan fingerprint density at radius 1 is 0.900 bits per heavy atom. The molecule has 0 bridgehead atoms. The third-order valence-corrected chi connectivity index (χ3v) is 6.07. The number of carbonyl (C=O) groups is 2. The first-order valence-corrected chi connectivity index (χ1v) is 10.8. The molecule has 0 saturated carbocycles. The van der Waals surface area contributed by atoms with E-state index >= 15 is 0 Å². The summed E-state index contributed by atoms with van der Waals surface area (Å²) in [5.41, 5.74) is 3.32. The quantitative estimate of drug-likeness (QED) is 0.750.